The number of benzene rings is 6. The first kappa shape index (κ1) is 65.7. The third kappa shape index (κ3) is 15.0. The van der Waals surface area contributed by atoms with Gasteiger partial charge in [-0.05, 0) is 131 Å². The van der Waals surface area contributed by atoms with Gasteiger partial charge < -0.3 is 46.6 Å². The first-order valence-corrected chi connectivity index (χ1v) is 30.3. The van der Waals surface area contributed by atoms with E-state index in [0.717, 1.165) is 107 Å². The number of hydrogen-bond donors (Lipinski definition) is 3. The first-order chi connectivity index (χ1) is 44.3. The number of fused-ring (bicyclic) bond motifs is 3. The van der Waals surface area contributed by atoms with E-state index in [-0.39, 0.29) is 35.0 Å². The summed E-state index contributed by atoms with van der Waals surface area (Å²) in [5.41, 5.74) is 9.94. The number of amides is 4. The van der Waals surface area contributed by atoms with Gasteiger partial charge in [-0.1, -0.05) is 36.4 Å². The van der Waals surface area contributed by atoms with Crippen molar-refractivity contribution in [3.8, 4) is 68.7 Å². The highest BCUT2D eigenvalue weighted by Crippen LogP contribution is 2.37. The van der Waals surface area contributed by atoms with Crippen molar-refractivity contribution in [1.29, 1.82) is 0 Å². The Kier molecular flexibility index (Phi) is 20.9. The monoisotopic (exact) mass is 1300 g/mol. The van der Waals surface area contributed by atoms with Crippen LogP contribution in [0.1, 0.15) is 65.0 Å². The van der Waals surface area contributed by atoms with Crippen molar-refractivity contribution in [2.45, 2.75) is 41.5 Å². The van der Waals surface area contributed by atoms with E-state index in [2.05, 4.69) is 44.0 Å². The normalized spacial score (nSPS) is 10.7. The number of nitrogens with one attached hydrogen (secondary N) is 3. The van der Waals surface area contributed by atoms with E-state index < -0.39 is 0 Å². The molecule has 0 saturated carbocycles. The molecule has 0 aliphatic heterocycles. The van der Waals surface area contributed by atoms with Crippen LogP contribution in [0.2, 0.25) is 0 Å². The largest absolute Gasteiger partial charge is 0.493 e. The molecule has 12 rings (SSSR count). The zero-order valence-corrected chi connectivity index (χ0v) is 55.1. The van der Waals surface area contributed by atoms with E-state index in [0.29, 0.717) is 84.1 Å². The van der Waals surface area contributed by atoms with Gasteiger partial charge in [0.05, 0.1) is 42.7 Å². The van der Waals surface area contributed by atoms with Gasteiger partial charge >= 0.3 is 0 Å². The fourth-order valence-corrected chi connectivity index (χ4v) is 11.0. The molecule has 23 nitrogen and oxygen atoms in total. The topological polar surface area (TPSA) is 280 Å². The highest BCUT2D eigenvalue weighted by atomic mass is 32.1. The summed E-state index contributed by atoms with van der Waals surface area (Å²) in [6.45, 7) is 11.5. The predicted octanol–water partition coefficient (Wildman–Crippen LogP) is 14.2. The van der Waals surface area contributed by atoms with Crippen molar-refractivity contribution in [1.82, 2.24) is 33.0 Å². The van der Waals surface area contributed by atoms with E-state index in [4.69, 9.17) is 41.7 Å². The van der Waals surface area contributed by atoms with Crippen LogP contribution >= 0.6 is 34.6 Å². The number of carbonyl (C=O) groups excluding carboxylic acids is 4. The third-order valence-corrected chi connectivity index (χ3v) is 15.9. The van der Waals surface area contributed by atoms with Gasteiger partial charge in [-0.3, -0.25) is 35.1 Å². The lowest BCUT2D eigenvalue weighted by atomic mass is 10.1. The maximum atomic E-state index is 12.7. The van der Waals surface area contributed by atoms with Gasteiger partial charge in [0, 0.05) is 98.2 Å². The van der Waals surface area contributed by atoms with Crippen LogP contribution in [0.5, 0.6) is 34.5 Å². The van der Waals surface area contributed by atoms with Gasteiger partial charge in [-0.15, -0.1) is 0 Å². The number of carbonyl (C=O) groups is 4. The molecule has 92 heavy (non-hydrogen) atoms. The Labute approximate surface area is 540 Å². The number of methoxy groups -OCH3 is 6. The molecule has 6 heterocycles. The molecule has 26 heteroatoms. The van der Waals surface area contributed by atoms with Gasteiger partial charge in [-0.2, -0.15) is 28.1 Å². The quantitative estimate of drug-likeness (QED) is 0.0758. The zero-order chi connectivity index (χ0) is 65.9. The van der Waals surface area contributed by atoms with Crippen LogP contribution in [0, 0.1) is 41.5 Å². The number of ether oxygens (including phenoxy) is 6. The Balaban J connectivity index is 0.000000157. The van der Waals surface area contributed by atoms with E-state index in [1.165, 1.54) is 4.90 Å². The summed E-state index contributed by atoms with van der Waals surface area (Å²) in [7, 11) is 12.8. The lowest BCUT2D eigenvalue weighted by Crippen LogP contribution is -2.11. The Morgan fingerprint density at radius 2 is 0.663 bits per heavy atom. The Hall–Kier alpha value is -10.7. The summed E-state index contributed by atoms with van der Waals surface area (Å²) in [6, 6.07) is 33.8. The maximum absolute atomic E-state index is 12.7. The third-order valence-electron chi connectivity index (χ3n) is 14.0. The fraction of sp³-hybridized carbons (Fsp3) is 0.212. The zero-order valence-electron chi connectivity index (χ0n) is 52.6. The van der Waals surface area contributed by atoms with Crippen molar-refractivity contribution in [2.75, 3.05) is 72.7 Å². The minimum atomic E-state index is -0.355. The second-order valence-corrected chi connectivity index (χ2v) is 22.8. The van der Waals surface area contributed by atoms with Crippen LogP contribution in [-0.4, -0.2) is 114 Å². The molecule has 0 bridgehead atoms. The standard InChI is InChI=1S/3C21H19N3O4S.C3H7NO/c3*1-11-5-7-14-12(2)18(28-16(14)9-11)20(25)23-21-22-19(24-29-21)13-6-8-15(26-3)17(10-13)27-4;1-4(2)3-5/h3*5-10H,1-4H3,(H,22,23,24,25);3H,1-2H3. The minimum absolute atomic E-state index is 0.272. The van der Waals surface area contributed by atoms with Crippen LogP contribution in [0.3, 0.4) is 0 Å². The summed E-state index contributed by atoms with van der Waals surface area (Å²) < 4.78 is 62.0. The number of rotatable bonds is 16. The molecule has 0 radical (unpaired) electrons. The molecule has 6 aromatic heterocycles. The second-order valence-electron chi connectivity index (χ2n) is 20.6. The van der Waals surface area contributed by atoms with E-state index in [9.17, 15) is 19.2 Å². The van der Waals surface area contributed by atoms with E-state index in [1.807, 2.05) is 114 Å². The first-order valence-electron chi connectivity index (χ1n) is 28.0. The molecule has 0 aliphatic rings. The maximum Gasteiger partial charge on any atom is 0.293 e. The molecule has 3 N–H and O–H groups in total. The molecule has 474 valence electrons. The van der Waals surface area contributed by atoms with Gasteiger partial charge in [0.2, 0.25) is 21.8 Å². The Bertz CT molecular complexity index is 4210. The molecular formula is C66H64N10O13S3. The van der Waals surface area contributed by atoms with Gasteiger partial charge in [0.25, 0.3) is 17.7 Å². The number of furan rings is 3. The van der Waals surface area contributed by atoms with Crippen LogP contribution in [0.4, 0.5) is 15.4 Å². The second kappa shape index (κ2) is 29.3. The van der Waals surface area contributed by atoms with Crippen molar-refractivity contribution in [3.05, 3.63) is 160 Å². The highest BCUT2D eigenvalue weighted by molar-refractivity contribution is 7.10. The van der Waals surface area contributed by atoms with Crippen LogP contribution in [-0.2, 0) is 4.79 Å². The van der Waals surface area contributed by atoms with Crippen molar-refractivity contribution in [2.24, 2.45) is 0 Å². The summed E-state index contributed by atoms with van der Waals surface area (Å²) in [5.74, 6) is 4.83. The molecule has 12 aromatic rings. The number of aryl methyl sites for hydroxylation is 6. The van der Waals surface area contributed by atoms with E-state index >= 15 is 0 Å². The van der Waals surface area contributed by atoms with Crippen LogP contribution in [0.15, 0.2) is 122 Å². The van der Waals surface area contributed by atoms with Gasteiger partial charge in [-0.25, -0.2) is 0 Å². The van der Waals surface area contributed by atoms with Crippen LogP contribution < -0.4 is 44.4 Å². The molecule has 0 saturated heterocycles. The molecule has 0 aliphatic carbocycles. The summed E-state index contributed by atoms with van der Waals surface area (Å²) >= 11 is 3.30. The summed E-state index contributed by atoms with van der Waals surface area (Å²) in [5, 5.41) is 12.2. The van der Waals surface area contributed by atoms with Crippen molar-refractivity contribution in [3.63, 3.8) is 0 Å². The van der Waals surface area contributed by atoms with Gasteiger partial charge in [0.1, 0.15) is 16.7 Å². The molecule has 0 unspecified atom stereocenters. The molecule has 4 amide bonds. The molecule has 0 fully saturated rings. The number of aromatic nitrogens is 6. The van der Waals surface area contributed by atoms with Crippen LogP contribution in [0.25, 0.3) is 67.1 Å². The van der Waals surface area contributed by atoms with Gasteiger partial charge in [0.15, 0.2) is 69.3 Å². The number of anilines is 3. The summed E-state index contributed by atoms with van der Waals surface area (Å²) in [6.07, 6.45) is 0.750. The smallest absolute Gasteiger partial charge is 0.293 e. The average Bonchev–Trinajstić information content (AvgIpc) is 1.68. The van der Waals surface area contributed by atoms with Crippen molar-refractivity contribution >= 4 is 107 Å². The lowest BCUT2D eigenvalue weighted by molar-refractivity contribution is -0.115. The molecule has 0 atom stereocenters. The molecule has 6 aromatic carbocycles. The Morgan fingerprint density at radius 3 is 0.902 bits per heavy atom. The SMILES string of the molecule is CN(C)C=O.COc1ccc(-c2nsc(NC(=O)c3oc4cc(C)ccc4c3C)n2)cc1OC.COc1ccc(-c2nsc(NC(=O)c3oc4cc(C)ccc4c3C)n2)cc1OC.COc1ccc(-c2nsc(NC(=O)c3oc4cc(C)ccc4c3C)n2)cc1OC. The number of nitrogens with zero attached hydrogens (tertiary/aromatic N) is 7. The average molecular weight is 1300 g/mol. The molecule has 0 spiro atoms. The number of hydrogen-bond acceptors (Lipinski definition) is 22. The fourth-order valence-electron chi connectivity index (χ4n) is 9.21. The van der Waals surface area contributed by atoms with E-state index in [1.54, 1.807) is 93.2 Å². The minimum Gasteiger partial charge on any atom is -0.493 e. The van der Waals surface area contributed by atoms with Crippen molar-refractivity contribution < 1.29 is 60.9 Å². The lowest BCUT2D eigenvalue weighted by Gasteiger charge is -2.07. The summed E-state index contributed by atoms with van der Waals surface area (Å²) in [4.78, 5) is 62.3. The molecular weight excluding hydrogens is 1240 g/mol. The Morgan fingerprint density at radius 1 is 0.402 bits per heavy atom. The highest BCUT2D eigenvalue weighted by Gasteiger charge is 2.24. The predicted molar refractivity (Wildman–Crippen MR) is 356 cm³/mol.